The van der Waals surface area contributed by atoms with Crippen LogP contribution in [0.4, 0.5) is 10.1 Å². The first-order valence-corrected chi connectivity index (χ1v) is 6.19. The standard InChI is InChI=1S/C13H18FN3O2/c1-8-6-17(7-9(2)19-8)12-4-3-10(5-11(12)14)13(15)16-18/h3-5,8-9,18H,6-7H2,1-2H3,(H2,15,16). The summed E-state index contributed by atoms with van der Waals surface area (Å²) in [5, 5.41) is 11.4. The zero-order chi connectivity index (χ0) is 14.0. The van der Waals surface area contributed by atoms with E-state index in [2.05, 4.69) is 5.16 Å². The Labute approximate surface area is 111 Å². The molecule has 1 heterocycles. The molecule has 6 heteroatoms. The molecule has 104 valence electrons. The van der Waals surface area contributed by atoms with Crippen LogP contribution in [0.2, 0.25) is 0 Å². The van der Waals surface area contributed by atoms with E-state index in [4.69, 9.17) is 15.7 Å². The predicted octanol–water partition coefficient (Wildman–Crippen LogP) is 1.53. The average molecular weight is 267 g/mol. The number of nitrogens with zero attached hydrogens (tertiary/aromatic N) is 2. The van der Waals surface area contributed by atoms with Crippen molar-refractivity contribution in [3.05, 3.63) is 29.6 Å². The van der Waals surface area contributed by atoms with Crippen molar-refractivity contribution in [2.24, 2.45) is 10.9 Å². The minimum atomic E-state index is -0.384. The highest BCUT2D eigenvalue weighted by molar-refractivity contribution is 5.97. The summed E-state index contributed by atoms with van der Waals surface area (Å²) in [6.07, 6.45) is 0.124. The highest BCUT2D eigenvalue weighted by Gasteiger charge is 2.24. The monoisotopic (exact) mass is 267 g/mol. The van der Waals surface area contributed by atoms with Crippen LogP contribution >= 0.6 is 0 Å². The molecule has 0 spiro atoms. The van der Waals surface area contributed by atoms with Crippen LogP contribution in [0.5, 0.6) is 0 Å². The number of oxime groups is 1. The van der Waals surface area contributed by atoms with Crippen molar-refractivity contribution in [1.29, 1.82) is 0 Å². The molecule has 0 amide bonds. The lowest BCUT2D eigenvalue weighted by molar-refractivity contribution is -0.00539. The SMILES string of the molecule is CC1CN(c2ccc(/C(N)=N/O)cc2F)CC(C)O1. The van der Waals surface area contributed by atoms with Gasteiger partial charge in [0.05, 0.1) is 17.9 Å². The lowest BCUT2D eigenvalue weighted by Crippen LogP contribution is -2.45. The zero-order valence-electron chi connectivity index (χ0n) is 11.0. The van der Waals surface area contributed by atoms with Crippen LogP contribution in [-0.2, 0) is 4.74 Å². The van der Waals surface area contributed by atoms with Gasteiger partial charge in [-0.15, -0.1) is 0 Å². The van der Waals surface area contributed by atoms with Crippen LogP contribution in [-0.4, -0.2) is 36.3 Å². The van der Waals surface area contributed by atoms with Crippen LogP contribution in [0.3, 0.4) is 0 Å². The first-order valence-electron chi connectivity index (χ1n) is 6.19. The number of hydrogen-bond acceptors (Lipinski definition) is 4. The summed E-state index contributed by atoms with van der Waals surface area (Å²) in [6, 6.07) is 4.56. The summed E-state index contributed by atoms with van der Waals surface area (Å²) in [7, 11) is 0. The number of morpholine rings is 1. The second kappa shape index (κ2) is 5.44. The Bertz CT molecular complexity index is 483. The summed E-state index contributed by atoms with van der Waals surface area (Å²) in [6.45, 7) is 5.21. The molecule has 0 aromatic heterocycles. The van der Waals surface area contributed by atoms with Crippen molar-refractivity contribution in [3.63, 3.8) is 0 Å². The number of halogens is 1. The molecular formula is C13H18FN3O2. The third kappa shape index (κ3) is 2.96. The molecule has 2 unspecified atom stereocenters. The lowest BCUT2D eigenvalue weighted by atomic mass is 10.1. The van der Waals surface area contributed by atoms with Gasteiger partial charge in [0.2, 0.25) is 0 Å². The zero-order valence-corrected chi connectivity index (χ0v) is 11.0. The molecule has 1 aromatic rings. The maximum absolute atomic E-state index is 14.1. The van der Waals surface area contributed by atoms with Crippen LogP contribution < -0.4 is 10.6 Å². The van der Waals surface area contributed by atoms with Gasteiger partial charge < -0.3 is 20.6 Å². The Balaban J connectivity index is 2.26. The molecule has 1 saturated heterocycles. The normalized spacial score (nSPS) is 24.6. The van der Waals surface area contributed by atoms with Gasteiger partial charge in [-0.25, -0.2) is 4.39 Å². The third-order valence-electron chi connectivity index (χ3n) is 3.11. The summed E-state index contributed by atoms with van der Waals surface area (Å²) >= 11 is 0. The van der Waals surface area contributed by atoms with E-state index in [1.807, 2.05) is 18.7 Å². The summed E-state index contributed by atoms with van der Waals surface area (Å²) in [5.41, 5.74) is 6.31. The first-order chi connectivity index (χ1) is 9.01. The fourth-order valence-corrected chi connectivity index (χ4v) is 2.36. The smallest absolute Gasteiger partial charge is 0.170 e. The van der Waals surface area contributed by atoms with Gasteiger partial charge in [-0.05, 0) is 32.0 Å². The van der Waals surface area contributed by atoms with Crippen LogP contribution in [0.1, 0.15) is 19.4 Å². The number of hydrogen-bond donors (Lipinski definition) is 2. The Morgan fingerprint density at radius 3 is 2.58 bits per heavy atom. The van der Waals surface area contributed by atoms with Gasteiger partial charge in [-0.1, -0.05) is 5.16 Å². The molecule has 3 N–H and O–H groups in total. The fourth-order valence-electron chi connectivity index (χ4n) is 2.36. The Morgan fingerprint density at radius 2 is 2.05 bits per heavy atom. The maximum atomic E-state index is 14.1. The quantitative estimate of drug-likeness (QED) is 0.369. The molecule has 0 bridgehead atoms. The maximum Gasteiger partial charge on any atom is 0.170 e. The van der Waals surface area contributed by atoms with Gasteiger partial charge in [0, 0.05) is 18.7 Å². The molecule has 2 atom stereocenters. The number of benzene rings is 1. The van der Waals surface area contributed by atoms with Crippen LogP contribution in [0, 0.1) is 5.82 Å². The number of amidine groups is 1. The minimum absolute atomic E-state index is 0.0619. The van der Waals surface area contributed by atoms with Crippen molar-refractivity contribution in [2.75, 3.05) is 18.0 Å². The van der Waals surface area contributed by atoms with E-state index < -0.39 is 0 Å². The third-order valence-corrected chi connectivity index (χ3v) is 3.11. The van der Waals surface area contributed by atoms with E-state index >= 15 is 0 Å². The van der Waals surface area contributed by atoms with E-state index in [1.54, 1.807) is 12.1 Å². The van der Waals surface area contributed by atoms with Gasteiger partial charge in [0.15, 0.2) is 5.84 Å². The van der Waals surface area contributed by atoms with E-state index in [1.165, 1.54) is 6.07 Å². The van der Waals surface area contributed by atoms with E-state index in [0.29, 0.717) is 24.3 Å². The Kier molecular flexibility index (Phi) is 3.90. The molecule has 0 aliphatic carbocycles. The van der Waals surface area contributed by atoms with Gasteiger partial charge in [-0.2, -0.15) is 0 Å². The molecular weight excluding hydrogens is 249 g/mol. The highest BCUT2D eigenvalue weighted by Crippen LogP contribution is 2.24. The van der Waals surface area contributed by atoms with E-state index in [0.717, 1.165) is 0 Å². The van der Waals surface area contributed by atoms with Gasteiger partial charge in [0.1, 0.15) is 5.82 Å². The molecule has 1 aliphatic rings. The fraction of sp³-hybridized carbons (Fsp3) is 0.462. The van der Waals surface area contributed by atoms with Gasteiger partial charge in [-0.3, -0.25) is 0 Å². The van der Waals surface area contributed by atoms with Crippen LogP contribution in [0.15, 0.2) is 23.4 Å². The minimum Gasteiger partial charge on any atom is -0.409 e. The predicted molar refractivity (Wildman–Crippen MR) is 71.1 cm³/mol. The van der Waals surface area contributed by atoms with Crippen molar-refractivity contribution in [3.8, 4) is 0 Å². The highest BCUT2D eigenvalue weighted by atomic mass is 19.1. The largest absolute Gasteiger partial charge is 0.409 e. The molecule has 0 radical (unpaired) electrons. The molecule has 1 aliphatic heterocycles. The second-order valence-electron chi connectivity index (χ2n) is 4.81. The molecule has 19 heavy (non-hydrogen) atoms. The topological polar surface area (TPSA) is 71.1 Å². The van der Waals surface area contributed by atoms with E-state index in [9.17, 15) is 4.39 Å². The molecule has 1 aromatic carbocycles. The van der Waals surface area contributed by atoms with Gasteiger partial charge in [0.25, 0.3) is 0 Å². The van der Waals surface area contributed by atoms with Crippen LogP contribution in [0.25, 0.3) is 0 Å². The molecule has 1 fully saturated rings. The number of nitrogens with two attached hydrogens (primary N) is 1. The Morgan fingerprint density at radius 1 is 1.42 bits per heavy atom. The Hall–Kier alpha value is -1.82. The number of rotatable bonds is 2. The molecule has 2 rings (SSSR count). The van der Waals surface area contributed by atoms with Gasteiger partial charge >= 0.3 is 0 Å². The van der Waals surface area contributed by atoms with Crippen molar-refractivity contribution in [1.82, 2.24) is 0 Å². The summed E-state index contributed by atoms with van der Waals surface area (Å²) in [5.74, 6) is -0.487. The lowest BCUT2D eigenvalue weighted by Gasteiger charge is -2.37. The molecule has 5 nitrogen and oxygen atoms in total. The van der Waals surface area contributed by atoms with Crippen molar-refractivity contribution < 1.29 is 14.3 Å². The number of anilines is 1. The number of ether oxygens (including phenoxy) is 1. The molecule has 0 saturated carbocycles. The van der Waals surface area contributed by atoms with Crippen molar-refractivity contribution in [2.45, 2.75) is 26.1 Å². The first kappa shape index (κ1) is 13.6. The van der Waals surface area contributed by atoms with E-state index in [-0.39, 0.29) is 23.9 Å². The summed E-state index contributed by atoms with van der Waals surface area (Å²) in [4.78, 5) is 1.95. The summed E-state index contributed by atoms with van der Waals surface area (Å²) < 4.78 is 19.7. The average Bonchev–Trinajstić information content (AvgIpc) is 2.36. The second-order valence-corrected chi connectivity index (χ2v) is 4.81. The van der Waals surface area contributed by atoms with Crippen molar-refractivity contribution >= 4 is 11.5 Å².